The first kappa shape index (κ1) is 28.6. The summed E-state index contributed by atoms with van der Waals surface area (Å²) in [5.41, 5.74) is -2.48. The number of rotatable bonds is 12. The van der Waals surface area contributed by atoms with Gasteiger partial charge in [0.15, 0.2) is 18.0 Å². The van der Waals surface area contributed by atoms with Crippen molar-refractivity contribution in [2.75, 3.05) is 25.1 Å². The van der Waals surface area contributed by atoms with Crippen LogP contribution in [0.1, 0.15) is 85.7 Å². The van der Waals surface area contributed by atoms with Crippen LogP contribution < -0.4 is 5.32 Å². The molecule has 0 amide bonds. The lowest BCUT2D eigenvalue weighted by Crippen LogP contribution is -2.33. The minimum absolute atomic E-state index is 0.00613. The number of hydrogen-bond acceptors (Lipinski definition) is 8. The highest BCUT2D eigenvalue weighted by molar-refractivity contribution is 5.78. The van der Waals surface area contributed by atoms with Gasteiger partial charge in [-0.2, -0.15) is 0 Å². The summed E-state index contributed by atoms with van der Waals surface area (Å²) in [5.74, 6) is -1.60. The van der Waals surface area contributed by atoms with Crippen LogP contribution in [0.4, 0.5) is 27.8 Å². The van der Waals surface area contributed by atoms with Gasteiger partial charge in [-0.1, -0.05) is 18.2 Å². The van der Waals surface area contributed by atoms with Crippen molar-refractivity contribution in [3.63, 3.8) is 0 Å². The summed E-state index contributed by atoms with van der Waals surface area (Å²) in [6.07, 6.45) is -6.54. The van der Waals surface area contributed by atoms with E-state index < -0.39 is 54.2 Å². The van der Waals surface area contributed by atoms with E-state index in [4.69, 9.17) is 18.9 Å². The third-order valence-corrected chi connectivity index (χ3v) is 7.16. The van der Waals surface area contributed by atoms with Gasteiger partial charge in [0.1, 0.15) is 17.5 Å². The molecule has 0 spiro atoms. The third kappa shape index (κ3) is 6.06. The first-order chi connectivity index (χ1) is 19.1. The number of nitrogens with zero attached hydrogens (tertiary/aromatic N) is 2. The van der Waals surface area contributed by atoms with Gasteiger partial charge in [0.25, 0.3) is 12.9 Å². The molecule has 1 unspecified atom stereocenters. The first-order valence-corrected chi connectivity index (χ1v) is 13.2. The summed E-state index contributed by atoms with van der Waals surface area (Å²) in [4.78, 5) is 22.2. The molecule has 2 heterocycles. The van der Waals surface area contributed by atoms with E-state index in [-0.39, 0.29) is 67.0 Å². The van der Waals surface area contributed by atoms with Gasteiger partial charge < -0.3 is 24.3 Å². The molecule has 2 aliphatic carbocycles. The van der Waals surface area contributed by atoms with Gasteiger partial charge in [0, 0.05) is 5.56 Å². The number of benzene rings is 1. The normalized spacial score (nSPS) is 20.1. The number of carbonyl (C=O) groups excluding carboxylic acids is 1. The Bertz CT molecular complexity index is 1240. The summed E-state index contributed by atoms with van der Waals surface area (Å²) in [5, 5.41) is 3.02. The zero-order chi connectivity index (χ0) is 28.6. The molecule has 218 valence electrons. The van der Waals surface area contributed by atoms with E-state index in [0.29, 0.717) is 0 Å². The number of nitrogens with one attached hydrogen (secondary N) is 1. The molecule has 1 N–H and O–H groups in total. The number of anilines is 1. The Morgan fingerprint density at radius 2 is 1.80 bits per heavy atom. The van der Waals surface area contributed by atoms with E-state index in [2.05, 4.69) is 15.3 Å². The predicted octanol–water partition coefficient (Wildman–Crippen LogP) is 5.89. The number of alkyl halides is 4. The number of esters is 1. The fourth-order valence-corrected chi connectivity index (χ4v) is 4.54. The average Bonchev–Trinajstić information content (AvgIpc) is 3.82. The number of halogens is 5. The fraction of sp³-hybridized carbons (Fsp3) is 0.593. The Morgan fingerprint density at radius 3 is 2.40 bits per heavy atom. The Hall–Kier alpha value is -2.90. The number of hydrogen-bond donors (Lipinski definition) is 1. The molecule has 1 aliphatic heterocycles. The highest BCUT2D eigenvalue weighted by Crippen LogP contribution is 2.47. The van der Waals surface area contributed by atoms with Gasteiger partial charge in [0.05, 0.1) is 42.7 Å². The van der Waals surface area contributed by atoms with Crippen LogP contribution in [0, 0.1) is 18.7 Å². The number of aryl methyl sites for hydroxylation is 1. The Kier molecular flexibility index (Phi) is 8.25. The summed E-state index contributed by atoms with van der Waals surface area (Å²) in [6.45, 7) is 3.71. The van der Waals surface area contributed by atoms with Gasteiger partial charge in [0.2, 0.25) is 0 Å². The van der Waals surface area contributed by atoms with Gasteiger partial charge in [-0.25, -0.2) is 36.7 Å². The van der Waals surface area contributed by atoms with Crippen molar-refractivity contribution < 1.29 is 45.7 Å². The zero-order valence-corrected chi connectivity index (χ0v) is 22.0. The van der Waals surface area contributed by atoms with Crippen molar-refractivity contribution in [2.24, 2.45) is 5.92 Å². The van der Waals surface area contributed by atoms with E-state index in [0.717, 1.165) is 18.9 Å². The van der Waals surface area contributed by atoms with E-state index in [9.17, 15) is 26.7 Å². The van der Waals surface area contributed by atoms with Crippen molar-refractivity contribution >= 4 is 11.8 Å². The van der Waals surface area contributed by atoms with Crippen molar-refractivity contribution in [3.8, 4) is 0 Å². The lowest BCUT2D eigenvalue weighted by molar-refractivity contribution is -0.176. The van der Waals surface area contributed by atoms with Gasteiger partial charge in [-0.3, -0.25) is 0 Å². The molecule has 8 nitrogen and oxygen atoms in total. The van der Waals surface area contributed by atoms with Crippen LogP contribution >= 0.6 is 0 Å². The van der Waals surface area contributed by atoms with E-state index in [1.807, 2.05) is 0 Å². The van der Waals surface area contributed by atoms with Crippen molar-refractivity contribution in [1.29, 1.82) is 0 Å². The second kappa shape index (κ2) is 11.5. The van der Waals surface area contributed by atoms with E-state index in [1.165, 1.54) is 12.1 Å². The maximum atomic E-state index is 14.9. The Balaban J connectivity index is 1.53. The number of aromatic nitrogens is 2. The summed E-state index contributed by atoms with van der Waals surface area (Å²) in [6, 6.07) is 2.84. The maximum absolute atomic E-state index is 14.9. The van der Waals surface area contributed by atoms with Crippen LogP contribution in [0.3, 0.4) is 0 Å². The molecular weight excluding hydrogens is 541 g/mol. The topological polar surface area (TPSA) is 91.8 Å². The summed E-state index contributed by atoms with van der Waals surface area (Å²) in [7, 11) is 0. The fourth-order valence-electron chi connectivity index (χ4n) is 4.54. The van der Waals surface area contributed by atoms with Crippen molar-refractivity contribution in [1.82, 2.24) is 9.97 Å². The summed E-state index contributed by atoms with van der Waals surface area (Å²) >= 11 is 0. The quantitative estimate of drug-likeness (QED) is 0.249. The van der Waals surface area contributed by atoms with Gasteiger partial charge in [-0.05, 0) is 45.4 Å². The highest BCUT2D eigenvalue weighted by Gasteiger charge is 2.56. The van der Waals surface area contributed by atoms with Crippen LogP contribution in [0.15, 0.2) is 18.2 Å². The Morgan fingerprint density at radius 1 is 1.12 bits per heavy atom. The van der Waals surface area contributed by atoms with Crippen LogP contribution in [0.5, 0.6) is 0 Å². The largest absolute Gasteiger partial charge is 0.451 e. The van der Waals surface area contributed by atoms with Crippen molar-refractivity contribution in [2.45, 2.75) is 76.4 Å². The monoisotopic (exact) mass is 571 g/mol. The average molecular weight is 572 g/mol. The lowest BCUT2D eigenvalue weighted by Gasteiger charge is -2.26. The minimum atomic E-state index is -3.01. The Labute approximate surface area is 227 Å². The molecular formula is C27H30F5N3O5. The molecule has 1 aromatic heterocycles. The third-order valence-electron chi connectivity index (χ3n) is 7.16. The number of carbonyl (C=O) groups is 1. The molecule has 0 radical (unpaired) electrons. The molecule has 40 heavy (non-hydrogen) atoms. The molecule has 5 rings (SSSR count). The molecule has 3 fully saturated rings. The standard InChI is InChI=1S/C27H30F5N3O5/c1-13(16-4-3-5-17(19(16)28)22(29)30)33-23-18(25-37-10-11-38-25)20(34-14(2)35-23)21(39-12-15-6-7-15)24(36)40-27(8-9-27)26(31)32/h3-5,13,15,21-22,25-26H,6-12H2,1-2H3,(H,33,34,35)/t13-,21?/m1/s1. The molecule has 3 aliphatic rings. The molecule has 0 bridgehead atoms. The van der Waals surface area contributed by atoms with Crippen LogP contribution in [-0.4, -0.2) is 47.8 Å². The molecule has 1 saturated heterocycles. The minimum Gasteiger partial charge on any atom is -0.451 e. The van der Waals surface area contributed by atoms with E-state index >= 15 is 0 Å². The van der Waals surface area contributed by atoms with Gasteiger partial charge in [-0.15, -0.1) is 0 Å². The highest BCUT2D eigenvalue weighted by atomic mass is 19.3. The lowest BCUT2D eigenvalue weighted by atomic mass is 10.0. The maximum Gasteiger partial charge on any atom is 0.342 e. The zero-order valence-electron chi connectivity index (χ0n) is 22.0. The SMILES string of the molecule is Cc1nc(N[C@H](C)c2cccc(C(F)F)c2F)c(C2OCCO2)c(C(OCC2CC2)C(=O)OC2(C(F)F)CC2)n1. The predicted molar refractivity (Wildman–Crippen MR) is 130 cm³/mol. The molecule has 2 atom stereocenters. The summed E-state index contributed by atoms with van der Waals surface area (Å²) < 4.78 is 91.4. The van der Waals surface area contributed by atoms with E-state index in [1.54, 1.807) is 13.8 Å². The van der Waals surface area contributed by atoms with Crippen LogP contribution in [0.25, 0.3) is 0 Å². The molecule has 13 heteroatoms. The van der Waals surface area contributed by atoms with Crippen molar-refractivity contribution in [3.05, 3.63) is 52.2 Å². The molecule has 2 saturated carbocycles. The number of ether oxygens (including phenoxy) is 4. The smallest absolute Gasteiger partial charge is 0.342 e. The van der Waals surface area contributed by atoms with Gasteiger partial charge >= 0.3 is 5.97 Å². The molecule has 1 aromatic carbocycles. The van der Waals surface area contributed by atoms with Crippen LogP contribution in [-0.2, 0) is 23.7 Å². The molecule has 2 aromatic rings. The van der Waals surface area contributed by atoms with Crippen LogP contribution in [0.2, 0.25) is 0 Å². The second-order valence-corrected chi connectivity index (χ2v) is 10.4. The first-order valence-electron chi connectivity index (χ1n) is 13.2. The second-order valence-electron chi connectivity index (χ2n) is 10.4.